The van der Waals surface area contributed by atoms with Crippen molar-refractivity contribution < 1.29 is 4.79 Å². The van der Waals surface area contributed by atoms with Crippen LogP contribution in [0.5, 0.6) is 0 Å². The summed E-state index contributed by atoms with van der Waals surface area (Å²) >= 11 is 0. The zero-order valence-corrected chi connectivity index (χ0v) is 14.7. The number of amides is 1. The van der Waals surface area contributed by atoms with Crippen molar-refractivity contribution in [3.8, 4) is 0 Å². The summed E-state index contributed by atoms with van der Waals surface area (Å²) in [6, 6.07) is 20.7. The van der Waals surface area contributed by atoms with Crippen LogP contribution in [0.15, 0.2) is 79.4 Å². The fourth-order valence-corrected chi connectivity index (χ4v) is 3.53. The van der Waals surface area contributed by atoms with Gasteiger partial charge in [0.2, 0.25) is 5.91 Å². The molecule has 0 N–H and O–H groups in total. The number of nitrogens with zero attached hydrogens (tertiary/aromatic N) is 1. The third-order valence-corrected chi connectivity index (χ3v) is 4.97. The minimum absolute atomic E-state index is 0.0594. The third kappa shape index (κ3) is 3.74. The zero-order valence-electron chi connectivity index (χ0n) is 14.7. The van der Waals surface area contributed by atoms with Crippen LogP contribution in [0.4, 0.5) is 0 Å². The Bertz CT molecular complexity index is 735. The Morgan fingerprint density at radius 1 is 1.08 bits per heavy atom. The van der Waals surface area contributed by atoms with E-state index in [0.29, 0.717) is 0 Å². The molecule has 1 amide bonds. The van der Waals surface area contributed by atoms with E-state index < -0.39 is 0 Å². The first kappa shape index (κ1) is 17.2. The molecule has 2 nitrogen and oxygen atoms in total. The van der Waals surface area contributed by atoms with Crippen LogP contribution in [0.1, 0.15) is 36.9 Å². The summed E-state index contributed by atoms with van der Waals surface area (Å²) in [6.45, 7) is 5.90. The Morgan fingerprint density at radius 2 is 1.72 bits per heavy atom. The molecule has 3 atom stereocenters. The summed E-state index contributed by atoms with van der Waals surface area (Å²) in [5, 5.41) is 0. The molecule has 3 rings (SSSR count). The molecule has 0 saturated carbocycles. The van der Waals surface area contributed by atoms with Crippen molar-refractivity contribution in [3.63, 3.8) is 0 Å². The van der Waals surface area contributed by atoms with E-state index in [0.717, 1.165) is 18.4 Å². The number of carbonyl (C=O) groups excluding carboxylic acids is 1. The highest BCUT2D eigenvalue weighted by Gasteiger charge is 2.47. The van der Waals surface area contributed by atoms with Gasteiger partial charge in [0.1, 0.15) is 0 Å². The average molecular weight is 331 g/mol. The van der Waals surface area contributed by atoms with Gasteiger partial charge in [0, 0.05) is 0 Å². The van der Waals surface area contributed by atoms with Gasteiger partial charge >= 0.3 is 0 Å². The van der Waals surface area contributed by atoms with Crippen LogP contribution in [0.2, 0.25) is 0 Å². The monoisotopic (exact) mass is 331 g/mol. The maximum Gasteiger partial charge on any atom is 0.229 e. The molecule has 2 heteroatoms. The van der Waals surface area contributed by atoms with Crippen LogP contribution < -0.4 is 0 Å². The molecule has 1 aliphatic rings. The lowest BCUT2D eigenvalue weighted by Gasteiger charge is -2.49. The quantitative estimate of drug-likeness (QED) is 0.501. The molecule has 128 valence electrons. The molecule has 25 heavy (non-hydrogen) atoms. The molecule has 0 spiro atoms. The van der Waals surface area contributed by atoms with Gasteiger partial charge in [-0.05, 0) is 30.9 Å². The Balaban J connectivity index is 1.81. The van der Waals surface area contributed by atoms with Gasteiger partial charge in [-0.1, -0.05) is 78.9 Å². The molecule has 0 aromatic heterocycles. The fourth-order valence-electron chi connectivity index (χ4n) is 3.53. The van der Waals surface area contributed by atoms with Crippen LogP contribution in [0.3, 0.4) is 0 Å². The van der Waals surface area contributed by atoms with Crippen LogP contribution in [0.25, 0.3) is 6.08 Å². The lowest BCUT2D eigenvalue weighted by molar-refractivity contribution is -0.157. The molecular weight excluding hydrogens is 306 g/mol. The maximum absolute atomic E-state index is 12.8. The average Bonchev–Trinajstić information content (AvgIpc) is 2.66. The normalized spacial score (nSPS) is 21.2. The van der Waals surface area contributed by atoms with E-state index in [1.807, 2.05) is 47.4 Å². The first-order valence-corrected chi connectivity index (χ1v) is 8.93. The van der Waals surface area contributed by atoms with Gasteiger partial charge in [-0.15, -0.1) is 6.58 Å². The van der Waals surface area contributed by atoms with E-state index >= 15 is 0 Å². The van der Waals surface area contributed by atoms with E-state index in [1.165, 1.54) is 5.56 Å². The van der Waals surface area contributed by atoms with Gasteiger partial charge in [-0.3, -0.25) is 4.79 Å². The summed E-state index contributed by atoms with van der Waals surface area (Å²) in [7, 11) is 0. The molecule has 2 aromatic rings. The summed E-state index contributed by atoms with van der Waals surface area (Å²) in [4.78, 5) is 14.8. The Labute approximate surface area is 150 Å². The van der Waals surface area contributed by atoms with Gasteiger partial charge in [0.15, 0.2) is 0 Å². The number of rotatable bonds is 7. The number of β-lactam (4-membered cyclic amide) rings is 1. The summed E-state index contributed by atoms with van der Waals surface area (Å²) in [5.74, 6) is 0.310. The highest BCUT2D eigenvalue weighted by molar-refractivity contribution is 5.87. The minimum Gasteiger partial charge on any atom is -0.328 e. The molecule has 1 heterocycles. The van der Waals surface area contributed by atoms with Crippen molar-refractivity contribution in [1.29, 1.82) is 0 Å². The molecule has 0 radical (unpaired) electrons. The molecule has 1 fully saturated rings. The lowest BCUT2D eigenvalue weighted by atomic mass is 9.81. The zero-order chi connectivity index (χ0) is 17.6. The van der Waals surface area contributed by atoms with Crippen molar-refractivity contribution in [2.75, 3.05) is 0 Å². The van der Waals surface area contributed by atoms with E-state index in [2.05, 4.69) is 49.9 Å². The fraction of sp³-hybridized carbons (Fsp3) is 0.261. The van der Waals surface area contributed by atoms with Gasteiger partial charge in [-0.2, -0.15) is 0 Å². The second-order valence-corrected chi connectivity index (χ2v) is 6.57. The van der Waals surface area contributed by atoms with Crippen LogP contribution in [0, 0.1) is 5.92 Å². The number of benzene rings is 2. The second kappa shape index (κ2) is 7.98. The number of carbonyl (C=O) groups is 1. The first-order valence-electron chi connectivity index (χ1n) is 8.93. The number of likely N-dealkylation sites (tertiary alicyclic amines) is 1. The number of allylic oxidation sites excluding steroid dienone is 1. The lowest BCUT2D eigenvalue weighted by Crippen LogP contribution is -2.60. The molecule has 2 aromatic carbocycles. The van der Waals surface area contributed by atoms with Crippen LogP contribution in [-0.2, 0) is 4.79 Å². The molecular formula is C23H25NO. The Kier molecular flexibility index (Phi) is 5.49. The predicted octanol–water partition coefficient (Wildman–Crippen LogP) is 5.25. The van der Waals surface area contributed by atoms with Crippen LogP contribution >= 0.6 is 0 Å². The van der Waals surface area contributed by atoms with Crippen molar-refractivity contribution in [3.05, 3.63) is 90.5 Å². The van der Waals surface area contributed by atoms with E-state index in [9.17, 15) is 4.79 Å². The molecule has 0 bridgehead atoms. The third-order valence-electron chi connectivity index (χ3n) is 4.97. The number of hydrogen-bond donors (Lipinski definition) is 0. The smallest absolute Gasteiger partial charge is 0.229 e. The van der Waals surface area contributed by atoms with Gasteiger partial charge in [-0.25, -0.2) is 0 Å². The molecule has 1 aliphatic heterocycles. The van der Waals surface area contributed by atoms with E-state index in [4.69, 9.17) is 0 Å². The summed E-state index contributed by atoms with van der Waals surface area (Å²) in [5.41, 5.74) is 2.34. The second-order valence-electron chi connectivity index (χ2n) is 6.57. The van der Waals surface area contributed by atoms with E-state index in [-0.39, 0.29) is 23.9 Å². The van der Waals surface area contributed by atoms with E-state index in [1.54, 1.807) is 0 Å². The maximum atomic E-state index is 12.8. The molecule has 0 aliphatic carbocycles. The Hall–Kier alpha value is -2.61. The van der Waals surface area contributed by atoms with Crippen molar-refractivity contribution in [2.45, 2.75) is 31.8 Å². The predicted molar refractivity (Wildman–Crippen MR) is 104 cm³/mol. The van der Waals surface area contributed by atoms with Gasteiger partial charge in [0.05, 0.1) is 18.0 Å². The highest BCUT2D eigenvalue weighted by atomic mass is 16.2. The van der Waals surface area contributed by atoms with Crippen molar-refractivity contribution >= 4 is 12.0 Å². The topological polar surface area (TPSA) is 20.3 Å². The summed E-state index contributed by atoms with van der Waals surface area (Å²) < 4.78 is 0. The largest absolute Gasteiger partial charge is 0.328 e. The Morgan fingerprint density at radius 3 is 2.36 bits per heavy atom. The first-order chi connectivity index (χ1) is 12.2. The summed E-state index contributed by atoms with van der Waals surface area (Å²) in [6.07, 6.45) is 7.95. The standard InChI is InChI=1S/C23H25NO/c1-3-4-15-21-22(17-16-19-11-7-5-8-12-19)24(23(21)25)18(2)20-13-9-6-10-14-20/h3,5-14,16-18,21-22H,1,4,15H2,2H3/b17-16+/t18-,21-,22-/m1/s1. The highest BCUT2D eigenvalue weighted by Crippen LogP contribution is 2.39. The van der Waals surface area contributed by atoms with Gasteiger partial charge in [0.25, 0.3) is 0 Å². The van der Waals surface area contributed by atoms with Crippen molar-refractivity contribution in [2.24, 2.45) is 5.92 Å². The minimum atomic E-state index is 0.0594. The SMILES string of the molecule is C=CCC[C@H]1C(=O)N([C@H](C)c2ccccc2)[C@@H]1/C=C/c1ccccc1. The number of hydrogen-bond acceptors (Lipinski definition) is 1. The van der Waals surface area contributed by atoms with Crippen LogP contribution in [-0.4, -0.2) is 16.8 Å². The molecule has 0 unspecified atom stereocenters. The van der Waals surface area contributed by atoms with Gasteiger partial charge < -0.3 is 4.90 Å². The molecule has 1 saturated heterocycles. The van der Waals surface area contributed by atoms with Crippen molar-refractivity contribution in [1.82, 2.24) is 4.90 Å².